The number of hydrogen-bond acceptors (Lipinski definition) is 3. The molecule has 0 radical (unpaired) electrons. The highest BCUT2D eigenvalue weighted by atomic mass is 16.5. The number of benzene rings is 1. The zero-order chi connectivity index (χ0) is 10.6. The predicted molar refractivity (Wildman–Crippen MR) is 57.5 cm³/mol. The number of hydrogen-bond donors (Lipinski definition) is 1. The van der Waals surface area contributed by atoms with E-state index in [1.165, 1.54) is 0 Å². The third-order valence-electron chi connectivity index (χ3n) is 2.09. The van der Waals surface area contributed by atoms with Gasteiger partial charge in [0.2, 0.25) is 0 Å². The van der Waals surface area contributed by atoms with E-state index in [-0.39, 0.29) is 0 Å². The van der Waals surface area contributed by atoms with Crippen molar-refractivity contribution in [3.63, 3.8) is 0 Å². The van der Waals surface area contributed by atoms with E-state index in [1.54, 1.807) is 20.3 Å². The van der Waals surface area contributed by atoms with Crippen molar-refractivity contribution in [1.29, 1.82) is 0 Å². The van der Waals surface area contributed by atoms with Crippen molar-refractivity contribution in [3.05, 3.63) is 29.8 Å². The molecule has 0 aliphatic heterocycles. The molecule has 2 N–H and O–H groups in total. The molecule has 0 saturated carbocycles. The summed E-state index contributed by atoms with van der Waals surface area (Å²) in [6, 6.07) is 3.74. The average Bonchev–Trinajstić information content (AvgIpc) is 2.26. The van der Waals surface area contributed by atoms with Gasteiger partial charge in [-0.1, -0.05) is 12.7 Å². The smallest absolute Gasteiger partial charge is 0.161 e. The Morgan fingerprint density at radius 1 is 1.29 bits per heavy atom. The van der Waals surface area contributed by atoms with Crippen molar-refractivity contribution >= 4 is 6.08 Å². The number of nitrogens with two attached hydrogens (primary N) is 1. The van der Waals surface area contributed by atoms with Crippen LogP contribution in [0.1, 0.15) is 11.1 Å². The van der Waals surface area contributed by atoms with Crippen LogP contribution in [-0.2, 0) is 6.54 Å². The van der Waals surface area contributed by atoms with Crippen molar-refractivity contribution in [2.75, 3.05) is 14.2 Å². The minimum atomic E-state index is 0.460. The molecule has 3 heteroatoms. The standard InChI is InChI=1S/C11H15NO2/c1-4-8-5-10(13-2)11(14-3)6-9(8)7-12/h4-6H,1,7,12H2,2-3H3. The van der Waals surface area contributed by atoms with Crippen LogP contribution in [0.15, 0.2) is 18.7 Å². The molecular weight excluding hydrogens is 178 g/mol. The van der Waals surface area contributed by atoms with E-state index in [1.807, 2.05) is 12.1 Å². The molecule has 0 amide bonds. The monoisotopic (exact) mass is 193 g/mol. The summed E-state index contributed by atoms with van der Waals surface area (Å²) >= 11 is 0. The average molecular weight is 193 g/mol. The zero-order valence-corrected chi connectivity index (χ0v) is 8.54. The SMILES string of the molecule is C=Cc1cc(OC)c(OC)cc1CN. The lowest BCUT2D eigenvalue weighted by molar-refractivity contribution is 0.354. The van der Waals surface area contributed by atoms with E-state index in [2.05, 4.69) is 6.58 Å². The molecule has 0 unspecified atom stereocenters. The van der Waals surface area contributed by atoms with Crippen molar-refractivity contribution in [3.8, 4) is 11.5 Å². The van der Waals surface area contributed by atoms with Crippen LogP contribution < -0.4 is 15.2 Å². The van der Waals surface area contributed by atoms with Crippen molar-refractivity contribution in [2.45, 2.75) is 6.54 Å². The van der Waals surface area contributed by atoms with E-state index < -0.39 is 0 Å². The molecule has 76 valence electrons. The van der Waals surface area contributed by atoms with Crippen molar-refractivity contribution in [2.24, 2.45) is 5.73 Å². The Morgan fingerprint density at radius 2 is 1.86 bits per heavy atom. The van der Waals surface area contributed by atoms with Crippen LogP contribution in [0.5, 0.6) is 11.5 Å². The zero-order valence-electron chi connectivity index (χ0n) is 8.54. The van der Waals surface area contributed by atoms with Gasteiger partial charge in [-0.3, -0.25) is 0 Å². The fraction of sp³-hybridized carbons (Fsp3) is 0.273. The van der Waals surface area contributed by atoms with Crippen LogP contribution in [0.25, 0.3) is 6.08 Å². The molecule has 0 bridgehead atoms. The van der Waals surface area contributed by atoms with Crippen LogP contribution in [0.4, 0.5) is 0 Å². The summed E-state index contributed by atoms with van der Waals surface area (Å²) in [5.74, 6) is 1.39. The molecule has 1 aromatic carbocycles. The molecule has 0 spiro atoms. The summed E-state index contributed by atoms with van der Waals surface area (Å²) in [7, 11) is 3.21. The van der Waals surface area contributed by atoms with E-state index in [4.69, 9.17) is 15.2 Å². The fourth-order valence-corrected chi connectivity index (χ4v) is 1.30. The summed E-state index contributed by atoms with van der Waals surface area (Å²) in [4.78, 5) is 0. The lowest BCUT2D eigenvalue weighted by atomic mass is 10.1. The second-order valence-corrected chi connectivity index (χ2v) is 2.81. The highest BCUT2D eigenvalue weighted by molar-refractivity contribution is 5.59. The molecule has 14 heavy (non-hydrogen) atoms. The molecule has 0 atom stereocenters. The summed E-state index contributed by atoms with van der Waals surface area (Å²) in [6.45, 7) is 4.18. The normalized spacial score (nSPS) is 9.64. The summed E-state index contributed by atoms with van der Waals surface area (Å²) in [5, 5.41) is 0. The van der Waals surface area contributed by atoms with Gasteiger partial charge in [-0.2, -0.15) is 0 Å². The third kappa shape index (κ3) is 1.88. The molecule has 0 aliphatic carbocycles. The molecule has 0 saturated heterocycles. The Labute approximate surface area is 84.1 Å². The lowest BCUT2D eigenvalue weighted by Gasteiger charge is -2.11. The maximum absolute atomic E-state index is 5.60. The van der Waals surface area contributed by atoms with E-state index in [9.17, 15) is 0 Å². The molecule has 1 aromatic rings. The van der Waals surface area contributed by atoms with Crippen molar-refractivity contribution < 1.29 is 9.47 Å². The Kier molecular flexibility index (Phi) is 3.54. The highest BCUT2D eigenvalue weighted by Gasteiger charge is 2.07. The molecule has 0 aliphatic rings. The largest absolute Gasteiger partial charge is 0.493 e. The van der Waals surface area contributed by atoms with Crippen LogP contribution >= 0.6 is 0 Å². The Bertz CT molecular complexity index is 334. The van der Waals surface area contributed by atoms with Gasteiger partial charge in [0, 0.05) is 6.54 Å². The Hall–Kier alpha value is -1.48. The van der Waals surface area contributed by atoms with Crippen LogP contribution in [0.3, 0.4) is 0 Å². The Balaban J connectivity index is 3.27. The second-order valence-electron chi connectivity index (χ2n) is 2.81. The first kappa shape index (κ1) is 10.6. The van der Waals surface area contributed by atoms with Gasteiger partial charge < -0.3 is 15.2 Å². The maximum atomic E-state index is 5.60. The molecule has 1 rings (SSSR count). The topological polar surface area (TPSA) is 44.5 Å². The summed E-state index contributed by atoms with van der Waals surface area (Å²) in [5.41, 5.74) is 7.57. The summed E-state index contributed by atoms with van der Waals surface area (Å²) < 4.78 is 10.3. The first-order valence-electron chi connectivity index (χ1n) is 4.34. The van der Waals surface area contributed by atoms with Gasteiger partial charge in [-0.05, 0) is 23.3 Å². The van der Waals surface area contributed by atoms with Gasteiger partial charge in [0.25, 0.3) is 0 Å². The van der Waals surface area contributed by atoms with Crippen LogP contribution in [0, 0.1) is 0 Å². The predicted octanol–water partition coefficient (Wildman–Crippen LogP) is 1.81. The molecule has 0 fully saturated rings. The number of methoxy groups -OCH3 is 2. The first-order chi connectivity index (χ1) is 6.76. The minimum absolute atomic E-state index is 0.460. The van der Waals surface area contributed by atoms with Gasteiger partial charge in [0.1, 0.15) is 0 Å². The quantitative estimate of drug-likeness (QED) is 0.793. The van der Waals surface area contributed by atoms with E-state index >= 15 is 0 Å². The van der Waals surface area contributed by atoms with Crippen LogP contribution in [-0.4, -0.2) is 14.2 Å². The van der Waals surface area contributed by atoms with Gasteiger partial charge in [-0.25, -0.2) is 0 Å². The fourth-order valence-electron chi connectivity index (χ4n) is 1.30. The van der Waals surface area contributed by atoms with Crippen LogP contribution in [0.2, 0.25) is 0 Å². The number of ether oxygens (including phenoxy) is 2. The highest BCUT2D eigenvalue weighted by Crippen LogP contribution is 2.30. The maximum Gasteiger partial charge on any atom is 0.161 e. The van der Waals surface area contributed by atoms with Gasteiger partial charge in [0.05, 0.1) is 14.2 Å². The summed E-state index contributed by atoms with van der Waals surface area (Å²) in [6.07, 6.45) is 1.75. The van der Waals surface area contributed by atoms with E-state index in [0.717, 1.165) is 11.1 Å². The second kappa shape index (κ2) is 4.67. The van der Waals surface area contributed by atoms with Gasteiger partial charge in [-0.15, -0.1) is 0 Å². The Morgan fingerprint density at radius 3 is 2.29 bits per heavy atom. The number of rotatable bonds is 4. The molecular formula is C11H15NO2. The lowest BCUT2D eigenvalue weighted by Crippen LogP contribution is -2.01. The van der Waals surface area contributed by atoms with Gasteiger partial charge in [0.15, 0.2) is 11.5 Å². The third-order valence-corrected chi connectivity index (χ3v) is 2.09. The van der Waals surface area contributed by atoms with Crippen molar-refractivity contribution in [1.82, 2.24) is 0 Å². The minimum Gasteiger partial charge on any atom is -0.493 e. The molecule has 0 aromatic heterocycles. The first-order valence-corrected chi connectivity index (χ1v) is 4.34. The molecule has 3 nitrogen and oxygen atoms in total. The van der Waals surface area contributed by atoms with Gasteiger partial charge >= 0.3 is 0 Å². The molecule has 0 heterocycles. The van der Waals surface area contributed by atoms with E-state index in [0.29, 0.717) is 18.0 Å².